The highest BCUT2D eigenvalue weighted by atomic mass is 79.9. The summed E-state index contributed by atoms with van der Waals surface area (Å²) in [6.45, 7) is 7.71. The van der Waals surface area contributed by atoms with Crippen LogP contribution in [0.25, 0.3) is 11.1 Å². The SMILES string of the molecule is COC(=O)Cc1c(C)c(NCC2CCCCN2Sc2ccccc2[N+](=O)[O-])c(Br)c(C)c1-c1ccc(C)cc1. The number of para-hydroxylation sites is 1. The Labute approximate surface area is 242 Å². The Morgan fingerprint density at radius 2 is 1.85 bits per heavy atom. The van der Waals surface area contributed by atoms with Crippen LogP contribution in [0.2, 0.25) is 0 Å². The monoisotopic (exact) mass is 611 g/mol. The molecule has 1 aliphatic heterocycles. The molecule has 0 aliphatic carbocycles. The molecule has 1 unspecified atom stereocenters. The molecule has 0 amide bonds. The summed E-state index contributed by atoms with van der Waals surface area (Å²) in [5.74, 6) is -0.279. The number of methoxy groups -OCH3 is 1. The number of nitro groups is 1. The lowest BCUT2D eigenvalue weighted by Crippen LogP contribution is -2.39. The van der Waals surface area contributed by atoms with Crippen LogP contribution in [0, 0.1) is 30.9 Å². The van der Waals surface area contributed by atoms with Gasteiger partial charge in [-0.15, -0.1) is 0 Å². The number of hydrogen-bond acceptors (Lipinski definition) is 7. The van der Waals surface area contributed by atoms with Crippen LogP contribution in [0.3, 0.4) is 0 Å². The first-order valence-corrected chi connectivity index (χ1v) is 14.6. The summed E-state index contributed by atoms with van der Waals surface area (Å²) in [5, 5.41) is 15.2. The Morgan fingerprint density at radius 1 is 1.13 bits per heavy atom. The minimum atomic E-state index is -0.318. The number of carbonyl (C=O) groups is 1. The molecular formula is C30H34BrN3O4S. The Balaban J connectivity index is 1.64. The van der Waals surface area contributed by atoms with Gasteiger partial charge in [-0.05, 0) is 95.4 Å². The molecular weight excluding hydrogens is 578 g/mol. The van der Waals surface area contributed by atoms with Gasteiger partial charge in [-0.1, -0.05) is 48.4 Å². The number of benzene rings is 3. The molecule has 3 aromatic carbocycles. The van der Waals surface area contributed by atoms with Crippen LogP contribution in [-0.4, -0.2) is 41.4 Å². The van der Waals surface area contributed by atoms with Crippen molar-refractivity contribution in [1.82, 2.24) is 4.31 Å². The number of aryl methyl sites for hydroxylation is 1. The molecule has 1 fully saturated rings. The molecule has 1 aliphatic rings. The van der Waals surface area contributed by atoms with Gasteiger partial charge in [0.05, 0.1) is 24.1 Å². The second-order valence-corrected chi connectivity index (χ2v) is 11.8. The van der Waals surface area contributed by atoms with Crippen LogP contribution in [0.4, 0.5) is 11.4 Å². The number of nitrogens with zero attached hydrogens (tertiary/aromatic N) is 2. The van der Waals surface area contributed by atoms with Gasteiger partial charge in [0, 0.05) is 29.7 Å². The van der Waals surface area contributed by atoms with Crippen molar-refractivity contribution in [2.24, 2.45) is 0 Å². The molecule has 39 heavy (non-hydrogen) atoms. The van der Waals surface area contributed by atoms with E-state index >= 15 is 0 Å². The molecule has 0 saturated carbocycles. The van der Waals surface area contributed by atoms with Gasteiger partial charge in [0.15, 0.2) is 0 Å². The molecule has 0 bridgehead atoms. The van der Waals surface area contributed by atoms with Crippen LogP contribution in [0.5, 0.6) is 0 Å². The maximum atomic E-state index is 12.5. The average molecular weight is 613 g/mol. The van der Waals surface area contributed by atoms with E-state index in [1.54, 1.807) is 12.1 Å². The summed E-state index contributed by atoms with van der Waals surface area (Å²) in [6, 6.07) is 15.5. The predicted molar refractivity (Wildman–Crippen MR) is 161 cm³/mol. The lowest BCUT2D eigenvalue weighted by Gasteiger charge is -2.35. The number of piperidine rings is 1. The Kier molecular flexibility index (Phi) is 9.69. The third-order valence-corrected chi connectivity index (χ3v) is 9.56. The van der Waals surface area contributed by atoms with Crippen molar-refractivity contribution in [3.05, 3.63) is 85.4 Å². The summed E-state index contributed by atoms with van der Waals surface area (Å²) in [4.78, 5) is 24.4. The number of carbonyl (C=O) groups excluding carboxylic acids is 1. The van der Waals surface area contributed by atoms with Crippen LogP contribution < -0.4 is 5.32 Å². The Morgan fingerprint density at radius 3 is 2.54 bits per heavy atom. The Bertz CT molecular complexity index is 1360. The van der Waals surface area contributed by atoms with Crippen molar-refractivity contribution in [3.8, 4) is 11.1 Å². The lowest BCUT2D eigenvalue weighted by molar-refractivity contribution is -0.387. The molecule has 206 valence electrons. The van der Waals surface area contributed by atoms with E-state index in [9.17, 15) is 14.9 Å². The fourth-order valence-corrected chi connectivity index (χ4v) is 6.93. The summed E-state index contributed by atoms with van der Waals surface area (Å²) in [5.41, 5.74) is 7.38. The van der Waals surface area contributed by atoms with E-state index in [0.717, 1.165) is 63.8 Å². The molecule has 7 nitrogen and oxygen atoms in total. The third-order valence-electron chi connectivity index (χ3n) is 7.31. The first-order valence-electron chi connectivity index (χ1n) is 13.1. The molecule has 1 N–H and O–H groups in total. The average Bonchev–Trinajstić information content (AvgIpc) is 2.93. The second-order valence-electron chi connectivity index (χ2n) is 9.90. The summed E-state index contributed by atoms with van der Waals surface area (Å²) in [7, 11) is 1.42. The van der Waals surface area contributed by atoms with Gasteiger partial charge in [0.1, 0.15) is 4.90 Å². The number of ether oxygens (including phenoxy) is 1. The molecule has 4 rings (SSSR count). The first-order chi connectivity index (χ1) is 18.7. The number of hydrogen-bond donors (Lipinski definition) is 1. The highest BCUT2D eigenvalue weighted by Crippen LogP contribution is 2.42. The molecule has 1 heterocycles. The maximum Gasteiger partial charge on any atom is 0.310 e. The molecule has 0 aromatic heterocycles. The van der Waals surface area contributed by atoms with Crippen molar-refractivity contribution >= 4 is 45.2 Å². The largest absolute Gasteiger partial charge is 0.469 e. The normalized spacial score (nSPS) is 15.7. The summed E-state index contributed by atoms with van der Waals surface area (Å²) in [6.07, 6.45) is 3.34. The minimum absolute atomic E-state index is 0.133. The third kappa shape index (κ3) is 6.65. The molecule has 1 saturated heterocycles. The van der Waals surface area contributed by atoms with Gasteiger partial charge in [-0.25, -0.2) is 4.31 Å². The van der Waals surface area contributed by atoms with E-state index in [-0.39, 0.29) is 29.0 Å². The van der Waals surface area contributed by atoms with Gasteiger partial charge < -0.3 is 10.1 Å². The Hall–Kier alpha value is -2.88. The van der Waals surface area contributed by atoms with Crippen molar-refractivity contribution in [2.75, 3.05) is 25.5 Å². The molecule has 3 aromatic rings. The molecule has 1 atom stereocenters. The number of esters is 1. The van der Waals surface area contributed by atoms with Crippen molar-refractivity contribution < 1.29 is 14.5 Å². The van der Waals surface area contributed by atoms with E-state index in [1.165, 1.54) is 24.6 Å². The van der Waals surface area contributed by atoms with Gasteiger partial charge in [-0.2, -0.15) is 0 Å². The van der Waals surface area contributed by atoms with Crippen LogP contribution >= 0.6 is 27.9 Å². The fourth-order valence-electron chi connectivity index (χ4n) is 5.11. The highest BCUT2D eigenvalue weighted by molar-refractivity contribution is 9.10. The smallest absolute Gasteiger partial charge is 0.310 e. The van der Waals surface area contributed by atoms with E-state index in [2.05, 4.69) is 63.7 Å². The fraction of sp³-hybridized carbons (Fsp3) is 0.367. The molecule has 0 spiro atoms. The zero-order chi connectivity index (χ0) is 28.1. The van der Waals surface area contributed by atoms with Crippen molar-refractivity contribution in [1.29, 1.82) is 0 Å². The van der Waals surface area contributed by atoms with E-state index in [0.29, 0.717) is 11.4 Å². The molecule has 0 radical (unpaired) electrons. The van der Waals surface area contributed by atoms with Crippen LogP contribution in [0.1, 0.15) is 41.5 Å². The van der Waals surface area contributed by atoms with E-state index < -0.39 is 0 Å². The zero-order valence-electron chi connectivity index (χ0n) is 22.8. The predicted octanol–water partition coefficient (Wildman–Crippen LogP) is 7.64. The molecule has 9 heteroatoms. The van der Waals surface area contributed by atoms with Crippen molar-refractivity contribution in [3.63, 3.8) is 0 Å². The van der Waals surface area contributed by atoms with Crippen LogP contribution in [0.15, 0.2) is 57.9 Å². The van der Waals surface area contributed by atoms with E-state index in [4.69, 9.17) is 4.74 Å². The quantitative estimate of drug-likeness (QED) is 0.115. The first kappa shape index (κ1) is 29.1. The van der Waals surface area contributed by atoms with E-state index in [1.807, 2.05) is 19.1 Å². The number of halogens is 1. The topological polar surface area (TPSA) is 84.7 Å². The van der Waals surface area contributed by atoms with Crippen molar-refractivity contribution in [2.45, 2.75) is 57.4 Å². The maximum absolute atomic E-state index is 12.5. The standard InChI is InChI=1S/C30H34BrN3O4S/c1-19-12-14-22(15-13-19)28-21(3)29(31)30(20(2)24(28)17-27(35)38-4)32-18-23-9-7-8-16-33(23)39-26-11-6-5-10-25(26)34(36)37/h5-6,10-15,23,32H,7-9,16-18H2,1-4H3. The number of anilines is 1. The lowest BCUT2D eigenvalue weighted by atomic mass is 9.88. The second kappa shape index (κ2) is 13.0. The number of nitro benzene ring substituents is 1. The number of nitrogens with one attached hydrogen (secondary N) is 1. The summed E-state index contributed by atoms with van der Waals surface area (Å²) < 4.78 is 8.29. The zero-order valence-corrected chi connectivity index (χ0v) is 25.2. The number of rotatable bonds is 9. The minimum Gasteiger partial charge on any atom is -0.469 e. The summed E-state index contributed by atoms with van der Waals surface area (Å²) >= 11 is 5.33. The van der Waals surface area contributed by atoms with Gasteiger partial charge in [0.2, 0.25) is 0 Å². The highest BCUT2D eigenvalue weighted by Gasteiger charge is 2.27. The van der Waals surface area contributed by atoms with Gasteiger partial charge in [-0.3, -0.25) is 14.9 Å². The van der Waals surface area contributed by atoms with Gasteiger partial charge >= 0.3 is 5.97 Å². The van der Waals surface area contributed by atoms with Gasteiger partial charge in [0.25, 0.3) is 5.69 Å². The van der Waals surface area contributed by atoms with Crippen LogP contribution in [-0.2, 0) is 16.0 Å².